The third-order valence-corrected chi connectivity index (χ3v) is 3.82. The van der Waals surface area contributed by atoms with Crippen molar-refractivity contribution in [1.29, 1.82) is 0 Å². The van der Waals surface area contributed by atoms with Gasteiger partial charge >= 0.3 is 11.8 Å². The van der Waals surface area contributed by atoms with E-state index < -0.39 is 11.8 Å². The molecule has 8 heteroatoms. The van der Waals surface area contributed by atoms with Gasteiger partial charge in [-0.2, -0.15) is 0 Å². The minimum atomic E-state index is -0.710. The molecule has 2 rings (SSSR count). The van der Waals surface area contributed by atoms with Gasteiger partial charge in [0.2, 0.25) is 0 Å². The zero-order chi connectivity index (χ0) is 18.8. The fraction of sp³-hybridized carbons (Fsp3) is 0.556. The van der Waals surface area contributed by atoms with E-state index >= 15 is 0 Å². The number of hydrogen-bond donors (Lipinski definition) is 2. The smallest absolute Gasteiger partial charge is 0.313 e. The second kappa shape index (κ2) is 10.6. The number of rotatable bonds is 8. The molecule has 0 radical (unpaired) electrons. The lowest BCUT2D eigenvalue weighted by molar-refractivity contribution is -0.136. The molecular formula is C18H27N3O5. The molecule has 1 fully saturated rings. The van der Waals surface area contributed by atoms with Gasteiger partial charge < -0.3 is 24.8 Å². The Morgan fingerprint density at radius 1 is 1.08 bits per heavy atom. The van der Waals surface area contributed by atoms with Crippen molar-refractivity contribution in [3.63, 3.8) is 0 Å². The third-order valence-electron chi connectivity index (χ3n) is 3.82. The summed E-state index contributed by atoms with van der Waals surface area (Å²) >= 11 is 0. The standard InChI is InChI=1S/C18H27N3O5/c1-3-25-15-6-5-14(13-16(15)26-4-2)20-18(23)17(22)19-7-8-21-9-11-24-12-10-21/h5-6,13H,3-4,7-12H2,1-2H3,(H,19,22)(H,20,23). The van der Waals surface area contributed by atoms with Crippen LogP contribution in [0, 0.1) is 0 Å². The highest BCUT2D eigenvalue weighted by Crippen LogP contribution is 2.30. The van der Waals surface area contributed by atoms with Gasteiger partial charge in [0.1, 0.15) is 0 Å². The fourth-order valence-corrected chi connectivity index (χ4v) is 2.55. The van der Waals surface area contributed by atoms with Crippen molar-refractivity contribution < 1.29 is 23.8 Å². The molecule has 8 nitrogen and oxygen atoms in total. The first kappa shape index (κ1) is 20.0. The first-order chi connectivity index (χ1) is 12.6. The van der Waals surface area contributed by atoms with Crippen LogP contribution in [0.5, 0.6) is 11.5 Å². The van der Waals surface area contributed by atoms with Crippen LogP contribution in [0.2, 0.25) is 0 Å². The van der Waals surface area contributed by atoms with E-state index in [4.69, 9.17) is 14.2 Å². The van der Waals surface area contributed by atoms with Crippen molar-refractivity contribution in [3.05, 3.63) is 18.2 Å². The predicted octanol–water partition coefficient (Wildman–Crippen LogP) is 0.871. The normalized spacial score (nSPS) is 14.5. The lowest BCUT2D eigenvalue weighted by Gasteiger charge is -2.26. The lowest BCUT2D eigenvalue weighted by Crippen LogP contribution is -2.43. The Bertz CT molecular complexity index is 602. The van der Waals surface area contributed by atoms with Gasteiger partial charge in [0, 0.05) is 37.9 Å². The molecule has 1 aliphatic heterocycles. The highest BCUT2D eigenvalue weighted by molar-refractivity contribution is 6.39. The molecule has 0 atom stereocenters. The van der Waals surface area contributed by atoms with E-state index in [9.17, 15) is 9.59 Å². The molecule has 1 aromatic carbocycles. The summed E-state index contributed by atoms with van der Waals surface area (Å²) in [5.74, 6) is -0.245. The van der Waals surface area contributed by atoms with Crippen LogP contribution in [0.15, 0.2) is 18.2 Å². The van der Waals surface area contributed by atoms with E-state index in [2.05, 4.69) is 15.5 Å². The highest BCUT2D eigenvalue weighted by atomic mass is 16.5. The van der Waals surface area contributed by atoms with Crippen LogP contribution in [0.25, 0.3) is 0 Å². The van der Waals surface area contributed by atoms with Crippen molar-refractivity contribution >= 4 is 17.5 Å². The maximum absolute atomic E-state index is 12.0. The maximum Gasteiger partial charge on any atom is 0.313 e. The van der Waals surface area contributed by atoms with E-state index in [-0.39, 0.29) is 0 Å². The van der Waals surface area contributed by atoms with Crippen LogP contribution in [0.4, 0.5) is 5.69 Å². The van der Waals surface area contributed by atoms with Crippen LogP contribution in [-0.4, -0.2) is 69.3 Å². The zero-order valence-corrected chi connectivity index (χ0v) is 15.4. The van der Waals surface area contributed by atoms with Crippen LogP contribution in [-0.2, 0) is 14.3 Å². The second-order valence-electron chi connectivity index (χ2n) is 5.69. The number of hydrogen-bond acceptors (Lipinski definition) is 6. The van der Waals surface area contributed by atoms with Crippen molar-refractivity contribution in [3.8, 4) is 11.5 Å². The van der Waals surface area contributed by atoms with E-state index in [1.807, 2.05) is 13.8 Å². The van der Waals surface area contributed by atoms with Crippen LogP contribution >= 0.6 is 0 Å². The third kappa shape index (κ3) is 6.20. The van der Waals surface area contributed by atoms with E-state index in [0.717, 1.165) is 13.1 Å². The minimum absolute atomic E-state index is 0.416. The highest BCUT2D eigenvalue weighted by Gasteiger charge is 2.16. The van der Waals surface area contributed by atoms with E-state index in [1.165, 1.54) is 0 Å². The van der Waals surface area contributed by atoms with E-state index in [1.54, 1.807) is 18.2 Å². The summed E-state index contributed by atoms with van der Waals surface area (Å²) in [6.45, 7) is 8.93. The largest absolute Gasteiger partial charge is 0.490 e. The van der Waals surface area contributed by atoms with Crippen molar-refractivity contribution in [2.24, 2.45) is 0 Å². The predicted molar refractivity (Wildman–Crippen MR) is 97.7 cm³/mol. The Morgan fingerprint density at radius 3 is 2.46 bits per heavy atom. The Labute approximate surface area is 153 Å². The van der Waals surface area contributed by atoms with Gasteiger partial charge in [-0.15, -0.1) is 0 Å². The monoisotopic (exact) mass is 365 g/mol. The van der Waals surface area contributed by atoms with Crippen molar-refractivity contribution in [2.45, 2.75) is 13.8 Å². The van der Waals surface area contributed by atoms with Gasteiger partial charge in [0.25, 0.3) is 0 Å². The number of carbonyl (C=O) groups is 2. The average molecular weight is 365 g/mol. The minimum Gasteiger partial charge on any atom is -0.490 e. The molecule has 0 spiro atoms. The summed E-state index contributed by atoms with van der Waals surface area (Å²) < 4.78 is 16.3. The maximum atomic E-state index is 12.0. The molecule has 1 aromatic rings. The molecule has 144 valence electrons. The topological polar surface area (TPSA) is 89.1 Å². The molecule has 0 aliphatic carbocycles. The molecular weight excluding hydrogens is 338 g/mol. The van der Waals surface area contributed by atoms with Crippen LogP contribution in [0.3, 0.4) is 0 Å². The summed E-state index contributed by atoms with van der Waals surface area (Å²) in [5, 5.41) is 5.21. The summed E-state index contributed by atoms with van der Waals surface area (Å²) in [4.78, 5) is 26.2. The first-order valence-corrected chi connectivity index (χ1v) is 8.93. The number of carbonyl (C=O) groups excluding carboxylic acids is 2. The Hall–Kier alpha value is -2.32. The molecule has 0 bridgehead atoms. The number of morpholine rings is 1. The molecule has 1 aliphatic rings. The SMILES string of the molecule is CCOc1ccc(NC(=O)C(=O)NCCN2CCOCC2)cc1OCC. The molecule has 1 saturated heterocycles. The molecule has 0 saturated carbocycles. The van der Waals surface area contributed by atoms with Crippen molar-refractivity contribution in [1.82, 2.24) is 10.2 Å². The number of benzene rings is 1. The summed E-state index contributed by atoms with van der Waals surface area (Å²) in [7, 11) is 0. The van der Waals surface area contributed by atoms with Gasteiger partial charge in [-0.25, -0.2) is 0 Å². The van der Waals surface area contributed by atoms with Crippen LogP contribution in [0.1, 0.15) is 13.8 Å². The molecule has 26 heavy (non-hydrogen) atoms. The Balaban J connectivity index is 1.83. The van der Waals surface area contributed by atoms with E-state index in [0.29, 0.717) is 56.7 Å². The molecule has 2 amide bonds. The van der Waals surface area contributed by atoms with Gasteiger partial charge in [0.05, 0.1) is 26.4 Å². The number of nitrogens with one attached hydrogen (secondary N) is 2. The Kier molecular flexibility index (Phi) is 8.17. The average Bonchev–Trinajstić information content (AvgIpc) is 2.65. The molecule has 0 aromatic heterocycles. The summed E-state index contributed by atoms with van der Waals surface area (Å²) in [6.07, 6.45) is 0. The number of ether oxygens (including phenoxy) is 3. The molecule has 1 heterocycles. The number of anilines is 1. The number of nitrogens with zero attached hydrogens (tertiary/aromatic N) is 1. The summed E-state index contributed by atoms with van der Waals surface area (Å²) in [5.41, 5.74) is 0.477. The van der Waals surface area contributed by atoms with Gasteiger partial charge in [-0.3, -0.25) is 14.5 Å². The summed E-state index contributed by atoms with van der Waals surface area (Å²) in [6, 6.07) is 5.03. The van der Waals surface area contributed by atoms with Crippen LogP contribution < -0.4 is 20.1 Å². The van der Waals surface area contributed by atoms with Crippen molar-refractivity contribution in [2.75, 3.05) is 57.9 Å². The zero-order valence-electron chi connectivity index (χ0n) is 15.4. The Morgan fingerprint density at radius 2 is 1.77 bits per heavy atom. The molecule has 2 N–H and O–H groups in total. The fourth-order valence-electron chi connectivity index (χ4n) is 2.55. The second-order valence-corrected chi connectivity index (χ2v) is 5.69. The van der Waals surface area contributed by atoms with Gasteiger partial charge in [-0.1, -0.05) is 0 Å². The lowest BCUT2D eigenvalue weighted by atomic mass is 10.2. The van der Waals surface area contributed by atoms with Gasteiger partial charge in [-0.05, 0) is 26.0 Å². The molecule has 0 unspecified atom stereocenters. The number of amides is 2. The van der Waals surface area contributed by atoms with Gasteiger partial charge in [0.15, 0.2) is 11.5 Å². The first-order valence-electron chi connectivity index (χ1n) is 8.93. The quantitative estimate of drug-likeness (QED) is 0.665.